The van der Waals surface area contributed by atoms with Gasteiger partial charge in [0.25, 0.3) is 0 Å². The van der Waals surface area contributed by atoms with Crippen LogP contribution in [0.5, 0.6) is 0 Å². The fourth-order valence-electron chi connectivity index (χ4n) is 0.218. The van der Waals surface area contributed by atoms with Crippen molar-refractivity contribution in [1.82, 2.24) is 4.42 Å². The fraction of sp³-hybridized carbons (Fsp3) is 0.750. The molecule has 2 nitrogen and oxygen atoms in total. The van der Waals surface area contributed by atoms with Crippen molar-refractivity contribution in [1.29, 1.82) is 0 Å². The van der Waals surface area contributed by atoms with Crippen LogP contribution in [-0.4, -0.2) is 17.4 Å². The summed E-state index contributed by atoms with van der Waals surface area (Å²) >= 11 is 5.21. The van der Waals surface area contributed by atoms with Gasteiger partial charge in [0.15, 0.2) is 0 Å². The van der Waals surface area contributed by atoms with Crippen molar-refractivity contribution < 1.29 is 4.79 Å². The van der Waals surface area contributed by atoms with Crippen molar-refractivity contribution in [3.63, 3.8) is 0 Å². The van der Waals surface area contributed by atoms with Crippen LogP contribution in [0.15, 0.2) is 0 Å². The molecular weight excluding hydrogens is 114 g/mol. The van der Waals surface area contributed by atoms with Crippen LogP contribution in [-0.2, 0) is 4.79 Å². The van der Waals surface area contributed by atoms with Crippen molar-refractivity contribution in [3.05, 3.63) is 0 Å². The Morgan fingerprint density at radius 1 is 1.86 bits per heavy atom. The van der Waals surface area contributed by atoms with Crippen LogP contribution in [0.2, 0.25) is 0 Å². The molecule has 0 aromatic carbocycles. The van der Waals surface area contributed by atoms with Crippen molar-refractivity contribution in [2.45, 2.75) is 13.3 Å². The topological polar surface area (TPSA) is 20.3 Å². The molecule has 0 bridgehead atoms. The third-order valence-corrected chi connectivity index (χ3v) is 0.835. The Bertz CT molecular complexity index is 72.1. The maximum atomic E-state index is 10.3. The van der Waals surface area contributed by atoms with Gasteiger partial charge in [0.05, 0.1) is 0 Å². The lowest BCUT2D eigenvalue weighted by molar-refractivity contribution is -0.125. The highest BCUT2D eigenvalue weighted by molar-refractivity contribution is 6.20. The molecule has 0 unspecified atom stereocenters. The number of hydrogen-bond acceptors (Lipinski definition) is 1. The zero-order valence-electron chi connectivity index (χ0n) is 4.44. The number of amides is 1. The first-order valence-electron chi connectivity index (χ1n) is 2.10. The van der Waals surface area contributed by atoms with E-state index in [0.29, 0.717) is 6.42 Å². The first kappa shape index (κ1) is 6.76. The van der Waals surface area contributed by atoms with Crippen LogP contribution in [0.1, 0.15) is 13.3 Å². The van der Waals surface area contributed by atoms with E-state index in [0.717, 1.165) is 4.42 Å². The molecule has 0 aromatic heterocycles. The number of carbonyl (C=O) groups excluding carboxylic acids is 1. The largest absolute Gasteiger partial charge is 0.274 e. The van der Waals surface area contributed by atoms with Gasteiger partial charge in [0, 0.05) is 25.2 Å². The Morgan fingerprint density at radius 3 is 2.29 bits per heavy atom. The van der Waals surface area contributed by atoms with Crippen molar-refractivity contribution >= 4 is 17.7 Å². The molecule has 0 aliphatic carbocycles. The molecule has 7 heavy (non-hydrogen) atoms. The minimum atomic E-state index is -0.0540. The van der Waals surface area contributed by atoms with Gasteiger partial charge in [-0.1, -0.05) is 6.92 Å². The standard InChI is InChI=1S/C4H8ClNO/c1-3-4(7)6(2)5/h3H2,1-2H3. The quantitative estimate of drug-likeness (QED) is 0.474. The van der Waals surface area contributed by atoms with Gasteiger partial charge in [-0.15, -0.1) is 0 Å². The van der Waals surface area contributed by atoms with Gasteiger partial charge in [-0.3, -0.25) is 9.21 Å². The first-order chi connectivity index (χ1) is 3.18. The molecule has 0 radical (unpaired) electrons. The molecule has 0 fully saturated rings. The summed E-state index contributed by atoms with van der Waals surface area (Å²) < 4.78 is 1.06. The Kier molecular flexibility index (Phi) is 2.76. The van der Waals surface area contributed by atoms with E-state index >= 15 is 0 Å². The molecule has 0 aliphatic heterocycles. The van der Waals surface area contributed by atoms with Gasteiger partial charge in [0.1, 0.15) is 0 Å². The third kappa shape index (κ3) is 2.45. The number of hydrogen-bond donors (Lipinski definition) is 0. The number of rotatable bonds is 1. The lowest BCUT2D eigenvalue weighted by atomic mass is 10.5. The molecule has 0 aliphatic rings. The summed E-state index contributed by atoms with van der Waals surface area (Å²) in [7, 11) is 1.52. The van der Waals surface area contributed by atoms with Gasteiger partial charge in [-0.05, 0) is 0 Å². The summed E-state index contributed by atoms with van der Waals surface area (Å²) in [5, 5.41) is 0. The number of halogens is 1. The fourth-order valence-corrected chi connectivity index (χ4v) is 0.337. The summed E-state index contributed by atoms with van der Waals surface area (Å²) in [5.41, 5.74) is 0. The summed E-state index contributed by atoms with van der Waals surface area (Å²) in [6, 6.07) is 0. The highest BCUT2D eigenvalue weighted by Gasteiger charge is 1.98. The van der Waals surface area contributed by atoms with E-state index < -0.39 is 0 Å². The van der Waals surface area contributed by atoms with E-state index in [1.165, 1.54) is 7.05 Å². The first-order valence-corrected chi connectivity index (χ1v) is 2.44. The minimum Gasteiger partial charge on any atom is -0.274 e. The van der Waals surface area contributed by atoms with Crippen LogP contribution in [0, 0.1) is 0 Å². The lowest BCUT2D eigenvalue weighted by Crippen LogP contribution is -2.13. The smallest absolute Gasteiger partial charge is 0.236 e. The van der Waals surface area contributed by atoms with Gasteiger partial charge < -0.3 is 0 Å². The Balaban J connectivity index is 3.35. The number of carbonyl (C=O) groups is 1. The molecule has 0 N–H and O–H groups in total. The second-order valence-corrected chi connectivity index (χ2v) is 1.73. The molecule has 0 atom stereocenters. The summed E-state index contributed by atoms with van der Waals surface area (Å²) in [5.74, 6) is -0.0540. The molecule has 0 saturated carbocycles. The van der Waals surface area contributed by atoms with Gasteiger partial charge in [0.2, 0.25) is 5.91 Å². The predicted molar refractivity (Wildman–Crippen MR) is 28.9 cm³/mol. The highest BCUT2D eigenvalue weighted by atomic mass is 35.5. The second-order valence-electron chi connectivity index (χ2n) is 1.22. The monoisotopic (exact) mass is 121 g/mol. The molecule has 0 aromatic rings. The van der Waals surface area contributed by atoms with Crippen LogP contribution in [0.4, 0.5) is 0 Å². The van der Waals surface area contributed by atoms with E-state index in [1.807, 2.05) is 0 Å². The van der Waals surface area contributed by atoms with Crippen LogP contribution in [0.3, 0.4) is 0 Å². The molecule has 0 rings (SSSR count). The third-order valence-electron chi connectivity index (χ3n) is 0.646. The molecule has 0 saturated heterocycles. The van der Waals surface area contributed by atoms with Crippen LogP contribution < -0.4 is 0 Å². The van der Waals surface area contributed by atoms with Gasteiger partial charge >= 0.3 is 0 Å². The Labute approximate surface area is 48.2 Å². The zero-order valence-corrected chi connectivity index (χ0v) is 5.20. The summed E-state index contributed by atoms with van der Waals surface area (Å²) in [4.78, 5) is 10.3. The molecule has 0 spiro atoms. The molecule has 3 heteroatoms. The zero-order chi connectivity index (χ0) is 5.86. The van der Waals surface area contributed by atoms with E-state index in [2.05, 4.69) is 0 Å². The SMILES string of the molecule is CCC(=O)N(C)Cl. The van der Waals surface area contributed by atoms with E-state index in [-0.39, 0.29) is 5.91 Å². The molecule has 1 amide bonds. The Hall–Kier alpha value is -0.240. The van der Waals surface area contributed by atoms with Crippen molar-refractivity contribution in [3.8, 4) is 0 Å². The highest BCUT2D eigenvalue weighted by Crippen LogP contribution is 1.90. The maximum Gasteiger partial charge on any atom is 0.236 e. The molecule has 0 heterocycles. The predicted octanol–water partition coefficient (Wildman–Crippen LogP) is 1.01. The summed E-state index contributed by atoms with van der Waals surface area (Å²) in [6.45, 7) is 1.77. The lowest BCUT2D eigenvalue weighted by Gasteiger charge is -2.01. The van der Waals surface area contributed by atoms with Crippen molar-refractivity contribution in [2.24, 2.45) is 0 Å². The van der Waals surface area contributed by atoms with Crippen molar-refractivity contribution in [2.75, 3.05) is 7.05 Å². The van der Waals surface area contributed by atoms with Crippen LogP contribution in [0.25, 0.3) is 0 Å². The number of nitrogens with zero attached hydrogens (tertiary/aromatic N) is 1. The van der Waals surface area contributed by atoms with E-state index in [4.69, 9.17) is 11.8 Å². The van der Waals surface area contributed by atoms with Gasteiger partial charge in [-0.25, -0.2) is 0 Å². The molecule has 42 valence electrons. The maximum absolute atomic E-state index is 10.3. The normalized spacial score (nSPS) is 8.43. The summed E-state index contributed by atoms with van der Waals surface area (Å²) in [6.07, 6.45) is 0.472. The Morgan fingerprint density at radius 2 is 2.29 bits per heavy atom. The van der Waals surface area contributed by atoms with E-state index in [9.17, 15) is 4.79 Å². The van der Waals surface area contributed by atoms with Crippen LogP contribution >= 0.6 is 11.8 Å². The van der Waals surface area contributed by atoms with E-state index in [1.54, 1.807) is 6.92 Å². The average molecular weight is 122 g/mol. The van der Waals surface area contributed by atoms with Gasteiger partial charge in [-0.2, -0.15) is 0 Å². The minimum absolute atomic E-state index is 0.0540. The average Bonchev–Trinajstić information content (AvgIpc) is 1.65. The second kappa shape index (κ2) is 2.86. The molecular formula is C4H8ClNO.